The lowest BCUT2D eigenvalue weighted by atomic mass is 9.73. The van der Waals surface area contributed by atoms with Gasteiger partial charge in [0.2, 0.25) is 0 Å². The average molecular weight is 584 g/mol. The van der Waals surface area contributed by atoms with Gasteiger partial charge >= 0.3 is 0 Å². The molecule has 3 aromatic carbocycles. The van der Waals surface area contributed by atoms with Crippen molar-refractivity contribution >= 4 is 10.1 Å². The molecule has 8 heteroatoms. The van der Waals surface area contributed by atoms with E-state index in [4.69, 9.17) is 14.0 Å². The van der Waals surface area contributed by atoms with Gasteiger partial charge in [-0.05, 0) is 86.4 Å². The third-order valence-electron chi connectivity index (χ3n) is 8.23. The molecular weight excluding hydrogens is 541 g/mol. The SMILES string of the molecule is CCN1CC2c3c(OCCCCc4ccc(F)cc4)ccc(OC)c3CCC2C1Cc1ccccc1.CS(=O)(=O)O. The minimum absolute atomic E-state index is 0.177. The number of fused-ring (bicyclic) bond motifs is 3. The van der Waals surface area contributed by atoms with Crippen molar-refractivity contribution in [1.82, 2.24) is 4.90 Å². The van der Waals surface area contributed by atoms with Crippen LogP contribution in [-0.4, -0.2) is 57.0 Å². The van der Waals surface area contributed by atoms with Crippen LogP contribution in [0.2, 0.25) is 0 Å². The summed E-state index contributed by atoms with van der Waals surface area (Å²) in [4.78, 5) is 2.68. The van der Waals surface area contributed by atoms with E-state index in [1.165, 1.54) is 40.8 Å². The van der Waals surface area contributed by atoms with Crippen molar-refractivity contribution < 1.29 is 26.8 Å². The summed E-state index contributed by atoms with van der Waals surface area (Å²) in [5.74, 6) is 2.97. The van der Waals surface area contributed by atoms with Crippen molar-refractivity contribution in [3.8, 4) is 11.5 Å². The van der Waals surface area contributed by atoms with Gasteiger partial charge in [-0.15, -0.1) is 0 Å². The van der Waals surface area contributed by atoms with Crippen LogP contribution in [0, 0.1) is 11.7 Å². The van der Waals surface area contributed by atoms with Gasteiger partial charge in [0.05, 0.1) is 20.0 Å². The van der Waals surface area contributed by atoms with E-state index in [0.29, 0.717) is 30.7 Å². The summed E-state index contributed by atoms with van der Waals surface area (Å²) < 4.78 is 51.3. The van der Waals surface area contributed by atoms with Gasteiger partial charge in [0.15, 0.2) is 0 Å². The molecule has 1 N–H and O–H groups in total. The molecule has 1 aliphatic heterocycles. The van der Waals surface area contributed by atoms with Crippen LogP contribution in [-0.2, 0) is 29.4 Å². The largest absolute Gasteiger partial charge is 0.496 e. The molecule has 1 heterocycles. The van der Waals surface area contributed by atoms with Crippen LogP contribution in [0.15, 0.2) is 66.7 Å². The fraction of sp³-hybridized carbons (Fsp3) is 0.455. The summed E-state index contributed by atoms with van der Waals surface area (Å²) in [6.45, 7) is 5.14. The van der Waals surface area contributed by atoms with E-state index in [0.717, 1.165) is 56.7 Å². The van der Waals surface area contributed by atoms with Crippen molar-refractivity contribution in [3.05, 3.63) is 94.8 Å². The molecule has 1 aliphatic carbocycles. The normalized spacial score (nSPS) is 20.0. The van der Waals surface area contributed by atoms with Crippen LogP contribution < -0.4 is 9.47 Å². The van der Waals surface area contributed by atoms with Crippen LogP contribution in [0.1, 0.15) is 54.4 Å². The summed E-state index contributed by atoms with van der Waals surface area (Å²) in [5.41, 5.74) is 5.34. The Labute approximate surface area is 244 Å². The molecule has 3 unspecified atom stereocenters. The lowest BCUT2D eigenvalue weighted by molar-refractivity contribution is 0.227. The van der Waals surface area contributed by atoms with Crippen LogP contribution in [0.5, 0.6) is 11.5 Å². The number of hydrogen-bond donors (Lipinski definition) is 1. The number of hydrogen-bond acceptors (Lipinski definition) is 5. The Morgan fingerprint density at radius 1 is 0.976 bits per heavy atom. The number of aryl methyl sites for hydroxylation is 1. The molecule has 0 aromatic heterocycles. The molecule has 1 saturated heterocycles. The number of ether oxygens (including phenoxy) is 2. The summed E-state index contributed by atoms with van der Waals surface area (Å²) in [7, 11) is -1.89. The van der Waals surface area contributed by atoms with Gasteiger partial charge in [0.25, 0.3) is 10.1 Å². The zero-order valence-corrected chi connectivity index (χ0v) is 25.1. The fourth-order valence-corrected chi connectivity index (χ4v) is 6.44. The quantitative estimate of drug-likeness (QED) is 0.222. The molecule has 6 nitrogen and oxygen atoms in total. The molecule has 0 amide bonds. The molecule has 0 spiro atoms. The molecule has 0 saturated carbocycles. The highest BCUT2D eigenvalue weighted by Gasteiger charge is 2.45. The van der Waals surface area contributed by atoms with Crippen molar-refractivity contribution in [2.45, 2.75) is 57.4 Å². The first-order valence-corrected chi connectivity index (χ1v) is 16.3. The Bertz CT molecular complexity index is 1360. The Hall–Kier alpha value is -2.94. The molecule has 0 bridgehead atoms. The topological polar surface area (TPSA) is 76.1 Å². The van der Waals surface area contributed by atoms with E-state index in [-0.39, 0.29) is 5.82 Å². The van der Waals surface area contributed by atoms with E-state index < -0.39 is 10.1 Å². The number of benzene rings is 3. The highest BCUT2D eigenvalue weighted by atomic mass is 32.2. The maximum atomic E-state index is 13.2. The maximum absolute atomic E-state index is 13.2. The molecule has 1 fully saturated rings. The van der Waals surface area contributed by atoms with Gasteiger partial charge in [0, 0.05) is 29.6 Å². The summed E-state index contributed by atoms with van der Waals surface area (Å²) in [5, 5.41) is 0. The Balaban J connectivity index is 0.000000714. The van der Waals surface area contributed by atoms with Crippen LogP contribution in [0.3, 0.4) is 0 Å². The summed E-state index contributed by atoms with van der Waals surface area (Å²) in [6.07, 6.45) is 7.01. The van der Waals surface area contributed by atoms with E-state index in [1.807, 2.05) is 12.1 Å². The molecule has 3 aromatic rings. The second kappa shape index (κ2) is 14.3. The first-order valence-electron chi connectivity index (χ1n) is 14.4. The smallest absolute Gasteiger partial charge is 0.261 e. The Morgan fingerprint density at radius 2 is 1.66 bits per heavy atom. The first kappa shape index (κ1) is 31.0. The van der Waals surface area contributed by atoms with Crippen LogP contribution in [0.4, 0.5) is 4.39 Å². The third kappa shape index (κ3) is 8.53. The zero-order valence-electron chi connectivity index (χ0n) is 24.3. The number of likely N-dealkylation sites (tertiary alicyclic amines) is 1. The molecule has 41 heavy (non-hydrogen) atoms. The monoisotopic (exact) mass is 583 g/mol. The average Bonchev–Trinajstić information content (AvgIpc) is 3.31. The molecule has 0 radical (unpaired) electrons. The predicted octanol–water partition coefficient (Wildman–Crippen LogP) is 6.33. The van der Waals surface area contributed by atoms with Gasteiger partial charge in [-0.1, -0.05) is 49.4 Å². The molecular formula is C33H42FNO5S. The second-order valence-corrected chi connectivity index (χ2v) is 12.4. The number of unbranched alkanes of at least 4 members (excludes halogenated alkanes) is 1. The highest BCUT2D eigenvalue weighted by Crippen LogP contribution is 2.51. The first-order chi connectivity index (χ1) is 19.7. The maximum Gasteiger partial charge on any atom is 0.261 e. The summed E-state index contributed by atoms with van der Waals surface area (Å²) in [6, 6.07) is 22.5. The molecule has 2 aliphatic rings. The van der Waals surface area contributed by atoms with Crippen LogP contribution >= 0.6 is 0 Å². The minimum Gasteiger partial charge on any atom is -0.496 e. The highest BCUT2D eigenvalue weighted by molar-refractivity contribution is 7.85. The van der Waals surface area contributed by atoms with E-state index in [9.17, 15) is 12.8 Å². The van der Waals surface area contributed by atoms with Crippen molar-refractivity contribution in [2.75, 3.05) is 33.1 Å². The molecule has 5 rings (SSSR count). The lowest BCUT2D eigenvalue weighted by Crippen LogP contribution is -2.35. The third-order valence-corrected chi connectivity index (χ3v) is 8.23. The van der Waals surface area contributed by atoms with Gasteiger partial charge in [-0.25, -0.2) is 4.39 Å². The van der Waals surface area contributed by atoms with Gasteiger partial charge in [0.1, 0.15) is 17.3 Å². The van der Waals surface area contributed by atoms with E-state index >= 15 is 0 Å². The molecule has 222 valence electrons. The van der Waals surface area contributed by atoms with Gasteiger partial charge in [-0.2, -0.15) is 8.42 Å². The Morgan fingerprint density at radius 3 is 2.32 bits per heavy atom. The standard InChI is InChI=1S/C32H38FNO2.CH4O3S/c1-3-34-22-28-26(29(34)21-24-10-5-4-6-11-24)16-17-27-30(35-2)18-19-31(32(27)28)36-20-8-7-9-23-12-14-25(33)15-13-23;1-5(2,3)4/h4-6,10-15,18-19,26,28-29H,3,7-9,16-17,20-22H2,1-2H3;1H3,(H,2,3,4). The van der Waals surface area contributed by atoms with Crippen LogP contribution in [0.25, 0.3) is 0 Å². The van der Waals surface area contributed by atoms with Gasteiger partial charge < -0.3 is 9.47 Å². The second-order valence-electron chi connectivity index (χ2n) is 11.0. The summed E-state index contributed by atoms with van der Waals surface area (Å²) >= 11 is 0. The van der Waals surface area contributed by atoms with Crippen molar-refractivity contribution in [1.29, 1.82) is 0 Å². The number of halogens is 1. The molecule has 3 atom stereocenters. The Kier molecular flexibility index (Phi) is 10.8. The number of nitrogens with zero attached hydrogens (tertiary/aromatic N) is 1. The predicted molar refractivity (Wildman–Crippen MR) is 161 cm³/mol. The number of methoxy groups -OCH3 is 1. The van der Waals surface area contributed by atoms with Crippen molar-refractivity contribution in [2.24, 2.45) is 5.92 Å². The zero-order chi connectivity index (χ0) is 29.4. The number of likely N-dealkylation sites (N-methyl/N-ethyl adjacent to an activating group) is 1. The van der Waals surface area contributed by atoms with Crippen molar-refractivity contribution in [3.63, 3.8) is 0 Å². The fourth-order valence-electron chi connectivity index (χ4n) is 6.44. The van der Waals surface area contributed by atoms with E-state index in [2.05, 4.69) is 54.3 Å². The minimum atomic E-state index is -3.67. The van der Waals surface area contributed by atoms with E-state index in [1.54, 1.807) is 7.11 Å². The van der Waals surface area contributed by atoms with Gasteiger partial charge in [-0.3, -0.25) is 9.45 Å². The number of rotatable bonds is 10. The lowest BCUT2D eigenvalue weighted by Gasteiger charge is -2.33.